The van der Waals surface area contributed by atoms with E-state index in [9.17, 15) is 9.59 Å². The molecule has 0 bridgehead atoms. The minimum Gasteiger partial charge on any atom is -0.497 e. The van der Waals surface area contributed by atoms with Crippen molar-refractivity contribution in [3.63, 3.8) is 0 Å². The number of amides is 1. The molecule has 0 spiro atoms. The topological polar surface area (TPSA) is 94.5 Å². The molecular weight excluding hydrogens is 432 g/mol. The fraction of sp³-hybridized carbons (Fsp3) is 0.269. The van der Waals surface area contributed by atoms with Crippen LogP contribution in [0.5, 0.6) is 11.5 Å². The van der Waals surface area contributed by atoms with Gasteiger partial charge in [-0.05, 0) is 50.1 Å². The van der Waals surface area contributed by atoms with Gasteiger partial charge >= 0.3 is 0 Å². The molecule has 5 rings (SSSR count). The van der Waals surface area contributed by atoms with Crippen LogP contribution < -0.4 is 20.1 Å². The lowest BCUT2D eigenvalue weighted by Crippen LogP contribution is -2.32. The number of ketones is 1. The zero-order valence-electron chi connectivity index (χ0n) is 19.3. The fourth-order valence-corrected chi connectivity index (χ4v) is 4.60. The highest BCUT2D eigenvalue weighted by Crippen LogP contribution is 2.44. The monoisotopic (exact) mass is 458 g/mol. The van der Waals surface area contributed by atoms with E-state index in [1.54, 1.807) is 18.9 Å². The maximum atomic E-state index is 13.2. The van der Waals surface area contributed by atoms with Crippen LogP contribution in [0.15, 0.2) is 59.9 Å². The van der Waals surface area contributed by atoms with Crippen LogP contribution in [0, 0.1) is 6.92 Å². The summed E-state index contributed by atoms with van der Waals surface area (Å²) < 4.78 is 12.8. The molecule has 0 fully saturated rings. The summed E-state index contributed by atoms with van der Waals surface area (Å²) in [5.74, 6) is 1.60. The number of allylic oxidation sites excluding steroid dienone is 2. The van der Waals surface area contributed by atoms with E-state index < -0.39 is 6.04 Å². The van der Waals surface area contributed by atoms with Crippen LogP contribution in [0.25, 0.3) is 0 Å². The van der Waals surface area contributed by atoms with E-state index in [0.717, 1.165) is 23.2 Å². The van der Waals surface area contributed by atoms with Crippen LogP contribution in [0.3, 0.4) is 0 Å². The van der Waals surface area contributed by atoms with Crippen molar-refractivity contribution in [1.82, 2.24) is 9.78 Å². The summed E-state index contributed by atoms with van der Waals surface area (Å²) in [6.45, 7) is 1.99. The third kappa shape index (κ3) is 3.71. The third-order valence-electron chi connectivity index (χ3n) is 6.32. The zero-order chi connectivity index (χ0) is 23.8. The first-order valence-electron chi connectivity index (χ1n) is 11.2. The number of rotatable bonds is 5. The second-order valence-corrected chi connectivity index (χ2v) is 8.48. The van der Waals surface area contributed by atoms with Gasteiger partial charge in [0.25, 0.3) is 5.91 Å². The Bertz CT molecular complexity index is 1310. The van der Waals surface area contributed by atoms with Gasteiger partial charge in [0.2, 0.25) is 0 Å². The fourth-order valence-electron chi connectivity index (χ4n) is 4.60. The van der Waals surface area contributed by atoms with Gasteiger partial charge in [-0.1, -0.05) is 17.7 Å². The lowest BCUT2D eigenvalue weighted by atomic mass is 9.85. The van der Waals surface area contributed by atoms with Gasteiger partial charge in [-0.3, -0.25) is 9.59 Å². The first kappa shape index (κ1) is 21.8. The summed E-state index contributed by atoms with van der Waals surface area (Å²) in [6, 6.07) is 12.6. The standard InChI is InChI=1S/C26H26N4O4/c1-15-7-9-16(10-8-15)28-26(32)19-14-27-30-24(18-13-17(33-2)11-12-22(18)34-3)23-20(29-25(19)30)5-4-6-21(23)31/h7-14,24,29H,4-6H2,1-3H3,(H,28,32). The normalized spacial score (nSPS) is 16.9. The van der Waals surface area contributed by atoms with E-state index in [0.29, 0.717) is 47.0 Å². The summed E-state index contributed by atoms with van der Waals surface area (Å²) >= 11 is 0. The molecule has 2 aliphatic rings. The molecule has 34 heavy (non-hydrogen) atoms. The Hall–Kier alpha value is -4.07. The van der Waals surface area contributed by atoms with Gasteiger partial charge in [-0.2, -0.15) is 5.10 Å². The Morgan fingerprint density at radius 1 is 1.12 bits per heavy atom. The number of hydrogen-bond acceptors (Lipinski definition) is 6. The van der Waals surface area contributed by atoms with Gasteiger partial charge < -0.3 is 20.1 Å². The van der Waals surface area contributed by atoms with E-state index in [-0.39, 0.29) is 11.7 Å². The second-order valence-electron chi connectivity index (χ2n) is 8.48. The van der Waals surface area contributed by atoms with Crippen molar-refractivity contribution in [1.29, 1.82) is 0 Å². The third-order valence-corrected chi connectivity index (χ3v) is 6.32. The molecule has 1 amide bonds. The summed E-state index contributed by atoms with van der Waals surface area (Å²) in [7, 11) is 3.19. The Kier molecular flexibility index (Phi) is 5.57. The maximum Gasteiger partial charge on any atom is 0.261 e. The number of aryl methyl sites for hydroxylation is 1. The molecule has 0 radical (unpaired) electrons. The lowest BCUT2D eigenvalue weighted by Gasteiger charge is -2.34. The van der Waals surface area contributed by atoms with Gasteiger partial charge in [0.15, 0.2) is 5.78 Å². The van der Waals surface area contributed by atoms with Crippen molar-refractivity contribution in [3.05, 3.63) is 76.6 Å². The summed E-state index contributed by atoms with van der Waals surface area (Å²) in [6.07, 6.45) is 3.48. The number of aromatic nitrogens is 2. The van der Waals surface area contributed by atoms with E-state index in [4.69, 9.17) is 9.47 Å². The number of hydrogen-bond donors (Lipinski definition) is 2. The number of fused-ring (bicyclic) bond motifs is 1. The highest BCUT2D eigenvalue weighted by Gasteiger charge is 2.39. The molecule has 0 saturated heterocycles. The first-order chi connectivity index (χ1) is 16.5. The number of methoxy groups -OCH3 is 2. The number of ether oxygens (including phenoxy) is 2. The predicted octanol–water partition coefficient (Wildman–Crippen LogP) is 4.48. The molecule has 174 valence electrons. The average molecular weight is 459 g/mol. The first-order valence-corrected chi connectivity index (χ1v) is 11.2. The Labute approximate surface area is 197 Å². The molecule has 1 aromatic heterocycles. The van der Waals surface area contributed by atoms with Gasteiger partial charge in [-0.25, -0.2) is 4.68 Å². The predicted molar refractivity (Wildman–Crippen MR) is 129 cm³/mol. The van der Waals surface area contributed by atoms with Gasteiger partial charge in [0.05, 0.1) is 20.4 Å². The van der Waals surface area contributed by atoms with Gasteiger partial charge in [-0.15, -0.1) is 0 Å². The Balaban J connectivity index is 1.61. The van der Waals surface area contributed by atoms with Crippen molar-refractivity contribution in [2.24, 2.45) is 0 Å². The minimum absolute atomic E-state index is 0.0652. The minimum atomic E-state index is -0.537. The van der Waals surface area contributed by atoms with Crippen LogP contribution in [0.4, 0.5) is 11.5 Å². The number of carbonyl (C=O) groups is 2. The number of carbonyl (C=O) groups excluding carboxylic acids is 2. The van der Waals surface area contributed by atoms with E-state index in [2.05, 4.69) is 15.7 Å². The number of nitrogens with one attached hydrogen (secondary N) is 2. The molecule has 1 aliphatic heterocycles. The van der Waals surface area contributed by atoms with Crippen molar-refractivity contribution in [2.45, 2.75) is 32.2 Å². The van der Waals surface area contributed by atoms with E-state index in [1.807, 2.05) is 49.4 Å². The molecule has 2 N–H and O–H groups in total. The molecule has 3 aromatic rings. The van der Waals surface area contributed by atoms with Crippen molar-refractivity contribution in [2.75, 3.05) is 24.9 Å². The summed E-state index contributed by atoms with van der Waals surface area (Å²) in [5.41, 5.74) is 4.43. The number of benzene rings is 2. The summed E-state index contributed by atoms with van der Waals surface area (Å²) in [5, 5.41) is 10.8. The SMILES string of the molecule is COc1ccc(OC)c(C2C3=C(CCCC3=O)Nc3c(C(=O)Nc4ccc(C)cc4)cnn32)c1. The molecular formula is C26H26N4O4. The number of anilines is 2. The second kappa shape index (κ2) is 8.70. The molecule has 8 heteroatoms. The molecule has 1 aliphatic carbocycles. The van der Waals surface area contributed by atoms with Crippen molar-refractivity contribution < 1.29 is 19.1 Å². The Morgan fingerprint density at radius 3 is 2.65 bits per heavy atom. The van der Waals surface area contributed by atoms with Crippen LogP contribution in [-0.4, -0.2) is 35.7 Å². The molecule has 0 saturated carbocycles. The molecule has 2 heterocycles. The zero-order valence-corrected chi connectivity index (χ0v) is 19.3. The highest BCUT2D eigenvalue weighted by atomic mass is 16.5. The highest BCUT2D eigenvalue weighted by molar-refractivity contribution is 6.08. The maximum absolute atomic E-state index is 13.2. The lowest BCUT2D eigenvalue weighted by molar-refractivity contribution is -0.116. The van der Waals surface area contributed by atoms with E-state index >= 15 is 0 Å². The Morgan fingerprint density at radius 2 is 1.91 bits per heavy atom. The van der Waals surface area contributed by atoms with E-state index in [1.165, 1.54) is 6.20 Å². The van der Waals surface area contributed by atoms with Crippen LogP contribution in [0.2, 0.25) is 0 Å². The molecule has 1 unspecified atom stereocenters. The van der Waals surface area contributed by atoms with Crippen LogP contribution >= 0.6 is 0 Å². The number of nitrogens with zero attached hydrogens (tertiary/aromatic N) is 2. The van der Waals surface area contributed by atoms with Crippen LogP contribution in [0.1, 0.15) is 46.8 Å². The van der Waals surface area contributed by atoms with Gasteiger partial charge in [0.1, 0.15) is 28.9 Å². The average Bonchev–Trinajstić information content (AvgIpc) is 3.27. The molecule has 2 aromatic carbocycles. The van der Waals surface area contributed by atoms with Crippen LogP contribution in [-0.2, 0) is 4.79 Å². The summed E-state index contributed by atoms with van der Waals surface area (Å²) in [4.78, 5) is 26.3. The van der Waals surface area contributed by atoms with Gasteiger partial charge in [0, 0.05) is 28.9 Å². The largest absolute Gasteiger partial charge is 0.497 e. The van der Waals surface area contributed by atoms with Crippen molar-refractivity contribution in [3.8, 4) is 11.5 Å². The number of Topliss-reactive ketones (excluding diaryl/α,β-unsaturated/α-hetero) is 1. The molecule has 1 atom stereocenters. The molecule has 8 nitrogen and oxygen atoms in total. The quantitative estimate of drug-likeness (QED) is 0.585. The smallest absolute Gasteiger partial charge is 0.261 e. The van der Waals surface area contributed by atoms with Crippen molar-refractivity contribution >= 4 is 23.2 Å².